The van der Waals surface area contributed by atoms with Gasteiger partial charge in [-0.2, -0.15) is 0 Å². The summed E-state index contributed by atoms with van der Waals surface area (Å²) >= 11 is 1.58. The topological polar surface area (TPSA) is 81.7 Å². The van der Waals surface area contributed by atoms with Crippen molar-refractivity contribution in [3.63, 3.8) is 0 Å². The minimum absolute atomic E-state index is 0.116. The van der Waals surface area contributed by atoms with E-state index in [-0.39, 0.29) is 6.61 Å². The van der Waals surface area contributed by atoms with Gasteiger partial charge in [0.25, 0.3) is 0 Å². The molecule has 0 N–H and O–H groups in total. The summed E-state index contributed by atoms with van der Waals surface area (Å²) in [7, 11) is -4.17. The van der Waals surface area contributed by atoms with E-state index >= 15 is 0 Å². The van der Waals surface area contributed by atoms with Crippen LogP contribution in [-0.2, 0) is 28.0 Å². The molecular weight excluding hydrogens is 623 g/mol. The van der Waals surface area contributed by atoms with Gasteiger partial charge in [0, 0.05) is 24.7 Å². The average molecular weight is 673 g/mol. The Morgan fingerprint density at radius 3 is 1.59 bits per heavy atom. The number of phosphoric ester groups is 1. The molecule has 3 aromatic carbocycles. The summed E-state index contributed by atoms with van der Waals surface area (Å²) in [5.41, 5.74) is -0.435. The highest BCUT2D eigenvalue weighted by atomic mass is 32.2. The summed E-state index contributed by atoms with van der Waals surface area (Å²) in [5, 5.41) is 0. The Kier molecular flexibility index (Phi) is 15.9. The maximum absolute atomic E-state index is 14.2. The summed E-state index contributed by atoms with van der Waals surface area (Å²) in [5.74, 6) is 0.731. The highest BCUT2D eigenvalue weighted by Gasteiger charge is 2.49. The lowest BCUT2D eigenvalue weighted by atomic mass is 9.99. The zero-order valence-electron chi connectivity index (χ0n) is 27.2. The predicted molar refractivity (Wildman–Crippen MR) is 183 cm³/mol. The number of rotatable bonds is 21. The van der Waals surface area contributed by atoms with Gasteiger partial charge in [0.1, 0.15) is 41.4 Å². The Labute approximate surface area is 279 Å². The Bertz CT molecular complexity index is 1220. The van der Waals surface area contributed by atoms with Gasteiger partial charge < -0.3 is 28.0 Å². The average Bonchev–Trinajstić information content (AvgIpc) is 3.07. The van der Waals surface area contributed by atoms with Crippen molar-refractivity contribution in [1.82, 2.24) is 0 Å². The number of phosphoric acid groups is 1. The molecule has 1 saturated heterocycles. The van der Waals surface area contributed by atoms with Gasteiger partial charge in [0.15, 0.2) is 0 Å². The zero-order chi connectivity index (χ0) is 32.5. The van der Waals surface area contributed by atoms with E-state index in [1.54, 1.807) is 60.3 Å². The molecule has 0 bridgehead atoms. The van der Waals surface area contributed by atoms with Crippen LogP contribution in [0.2, 0.25) is 0 Å². The highest BCUT2D eigenvalue weighted by molar-refractivity contribution is 7.99. The maximum Gasteiger partial charge on any atom is 0.587 e. The third-order valence-electron chi connectivity index (χ3n) is 7.33. The molecule has 3 aromatic rings. The van der Waals surface area contributed by atoms with Crippen LogP contribution in [0.25, 0.3) is 0 Å². The molecule has 0 aliphatic carbocycles. The number of ether oxygens (including phenoxy) is 4. The zero-order valence-corrected chi connectivity index (χ0v) is 29.0. The maximum atomic E-state index is 14.2. The van der Waals surface area contributed by atoms with Crippen LogP contribution in [0.15, 0.2) is 95.9 Å². The van der Waals surface area contributed by atoms with Gasteiger partial charge in [-0.15, -0.1) is 0 Å². The van der Waals surface area contributed by atoms with Gasteiger partial charge >= 0.3 is 7.82 Å². The second-order valence-electron chi connectivity index (χ2n) is 11.1. The fraction of sp³-hybridized carbons (Fsp3) is 0.500. The molecule has 252 valence electrons. The third kappa shape index (κ3) is 11.7. The number of para-hydroxylation sites is 2. The number of unbranched alkanes of at least 4 members (excludes halogenated alkanes) is 3. The molecule has 0 amide bonds. The molecule has 1 heterocycles. The van der Waals surface area contributed by atoms with Crippen LogP contribution in [0, 0.1) is 0 Å². The molecule has 1 aliphatic heterocycles. The summed E-state index contributed by atoms with van der Waals surface area (Å²) in [6.45, 7) is 7.95. The van der Waals surface area contributed by atoms with Crippen molar-refractivity contribution in [3.8, 4) is 11.5 Å². The Hall–Kier alpha value is -2.36. The molecule has 4 rings (SSSR count). The van der Waals surface area contributed by atoms with Crippen molar-refractivity contribution in [1.29, 1.82) is 0 Å². The smallest absolute Gasteiger partial charge is 0.395 e. The van der Waals surface area contributed by atoms with E-state index in [0.29, 0.717) is 31.3 Å². The van der Waals surface area contributed by atoms with E-state index < -0.39 is 37.7 Å². The van der Waals surface area contributed by atoms with Crippen molar-refractivity contribution in [3.05, 3.63) is 91.0 Å². The molecule has 5 atom stereocenters. The molecule has 8 nitrogen and oxygen atoms in total. The van der Waals surface area contributed by atoms with E-state index in [1.165, 1.54) is 0 Å². The first-order valence-electron chi connectivity index (χ1n) is 16.5. The lowest BCUT2D eigenvalue weighted by Crippen LogP contribution is -2.60. The van der Waals surface area contributed by atoms with Crippen LogP contribution in [0.4, 0.5) is 0 Å². The standard InChI is InChI=1S/C36H49O8PS/c1-4-7-25-38-33-32(28-41-45(37,43-29-19-13-10-14-20-29)44-30-21-15-11-16-22-30)42-36(46-31-23-17-12-18-24-31)35(40-27-9-6-3)34(33)39-26-8-5-2/h10-24,32-36H,4-9,25-28H2,1-3H3/t32?,33-,34+,35?,36-/m1/s1. The first-order valence-corrected chi connectivity index (χ1v) is 18.8. The molecule has 10 heteroatoms. The molecule has 2 unspecified atom stereocenters. The fourth-order valence-electron chi connectivity index (χ4n) is 4.86. The van der Waals surface area contributed by atoms with Crippen molar-refractivity contribution >= 4 is 19.6 Å². The largest absolute Gasteiger partial charge is 0.587 e. The molecule has 0 spiro atoms. The Morgan fingerprint density at radius 1 is 0.630 bits per heavy atom. The second-order valence-corrected chi connectivity index (χ2v) is 13.8. The van der Waals surface area contributed by atoms with Crippen LogP contribution < -0.4 is 9.05 Å². The minimum atomic E-state index is -4.17. The molecule has 46 heavy (non-hydrogen) atoms. The SMILES string of the molecule is CCCCOC1[C@@H](Sc2ccccc2)OC(COP(=O)(Oc2ccccc2)Oc2ccccc2)[C@@H](OCCCC)[C@@H]1OCCCC. The van der Waals surface area contributed by atoms with Crippen molar-refractivity contribution < 1.29 is 37.1 Å². The normalized spacial score (nSPS) is 21.6. The highest BCUT2D eigenvalue weighted by Crippen LogP contribution is 2.50. The quantitative estimate of drug-likeness (QED) is 0.0812. The van der Waals surface area contributed by atoms with Crippen molar-refractivity contribution in [2.24, 2.45) is 0 Å². The number of hydrogen-bond donors (Lipinski definition) is 0. The van der Waals surface area contributed by atoms with E-state index in [0.717, 1.165) is 43.4 Å². The molecule has 0 saturated carbocycles. The number of benzene rings is 3. The molecule has 1 aliphatic rings. The first kappa shape index (κ1) is 36.5. The van der Waals surface area contributed by atoms with E-state index in [2.05, 4.69) is 32.9 Å². The summed E-state index contributed by atoms with van der Waals surface area (Å²) < 4.78 is 58.6. The minimum Gasteiger partial charge on any atom is -0.395 e. The fourth-order valence-corrected chi connectivity index (χ4v) is 7.24. The Balaban J connectivity index is 1.64. The van der Waals surface area contributed by atoms with Crippen LogP contribution in [0.3, 0.4) is 0 Å². The van der Waals surface area contributed by atoms with Gasteiger partial charge in [0.05, 0.1) is 6.61 Å². The van der Waals surface area contributed by atoms with Crippen molar-refractivity contribution in [2.75, 3.05) is 26.4 Å². The van der Waals surface area contributed by atoms with Gasteiger partial charge in [0.2, 0.25) is 0 Å². The van der Waals surface area contributed by atoms with Gasteiger partial charge in [-0.1, -0.05) is 106 Å². The van der Waals surface area contributed by atoms with Crippen LogP contribution in [0.1, 0.15) is 59.3 Å². The third-order valence-corrected chi connectivity index (χ3v) is 9.82. The molecule has 0 radical (unpaired) electrons. The predicted octanol–water partition coefficient (Wildman–Crippen LogP) is 9.34. The van der Waals surface area contributed by atoms with Gasteiger partial charge in [-0.25, -0.2) is 4.57 Å². The van der Waals surface area contributed by atoms with Gasteiger partial charge in [-0.3, -0.25) is 4.52 Å². The summed E-state index contributed by atoms with van der Waals surface area (Å²) in [6.07, 6.45) is 3.67. The van der Waals surface area contributed by atoms with E-state index in [4.69, 9.17) is 32.5 Å². The lowest BCUT2D eigenvalue weighted by Gasteiger charge is -2.46. The molecular formula is C36H49O8PS. The Morgan fingerprint density at radius 2 is 1.09 bits per heavy atom. The van der Waals surface area contributed by atoms with Crippen LogP contribution >= 0.6 is 19.6 Å². The van der Waals surface area contributed by atoms with Gasteiger partial charge in [-0.05, 0) is 55.7 Å². The second kappa shape index (κ2) is 20.1. The number of hydrogen-bond acceptors (Lipinski definition) is 9. The van der Waals surface area contributed by atoms with Crippen LogP contribution in [-0.4, -0.2) is 56.3 Å². The van der Waals surface area contributed by atoms with Crippen LogP contribution in [0.5, 0.6) is 11.5 Å². The monoisotopic (exact) mass is 672 g/mol. The van der Waals surface area contributed by atoms with E-state index in [1.807, 2.05) is 30.3 Å². The molecule has 1 fully saturated rings. The summed E-state index contributed by atoms with van der Waals surface area (Å²) in [6, 6.07) is 27.8. The van der Waals surface area contributed by atoms with Crippen molar-refractivity contribution in [2.45, 2.75) is 94.0 Å². The van der Waals surface area contributed by atoms with E-state index in [9.17, 15) is 4.57 Å². The number of thioether (sulfide) groups is 1. The summed E-state index contributed by atoms with van der Waals surface area (Å²) in [4.78, 5) is 1.04. The molecule has 0 aromatic heterocycles. The first-order chi connectivity index (χ1) is 22.5. The lowest BCUT2D eigenvalue weighted by molar-refractivity contribution is -0.244.